The number of benzene rings is 1. The molecule has 86 valence electrons. The fourth-order valence-corrected chi connectivity index (χ4v) is 1.78. The predicted octanol–water partition coefficient (Wildman–Crippen LogP) is -1.15. The van der Waals surface area contributed by atoms with Crippen LogP contribution in [0, 0.1) is 0 Å². The molecule has 0 aliphatic heterocycles. The molecule has 0 saturated carbocycles. The molecule has 0 amide bonds. The summed E-state index contributed by atoms with van der Waals surface area (Å²) in [7, 11) is 0. The van der Waals surface area contributed by atoms with Gasteiger partial charge in [0, 0.05) is 30.9 Å². The van der Waals surface area contributed by atoms with E-state index in [-0.39, 0.29) is 17.0 Å². The van der Waals surface area contributed by atoms with Crippen molar-refractivity contribution in [3.8, 4) is 0 Å². The largest absolute Gasteiger partial charge is 1.00 e. The average molecular weight is 314 g/mol. The number of halogens is 3. The molecule has 1 aromatic carbocycles. The van der Waals surface area contributed by atoms with Crippen LogP contribution in [0.3, 0.4) is 0 Å². The van der Waals surface area contributed by atoms with Crippen molar-refractivity contribution in [1.82, 2.24) is 0 Å². The minimum atomic E-state index is 0. The number of anilines is 1. The van der Waals surface area contributed by atoms with E-state index in [1.54, 1.807) is 0 Å². The molecule has 1 rings (SSSR count). The second-order valence-corrected chi connectivity index (χ2v) is 3.75. The van der Waals surface area contributed by atoms with Crippen LogP contribution in [0.2, 0.25) is 0 Å². The average Bonchev–Trinajstić information content (AvgIpc) is 2.18. The van der Waals surface area contributed by atoms with Gasteiger partial charge in [0.05, 0.1) is 5.69 Å². The highest BCUT2D eigenvalue weighted by Gasteiger charge is 2.09. The van der Waals surface area contributed by atoms with E-state index in [1.165, 1.54) is 0 Å². The van der Waals surface area contributed by atoms with Gasteiger partial charge in [-0.2, -0.15) is 0 Å². The van der Waals surface area contributed by atoms with E-state index < -0.39 is 0 Å². The highest BCUT2D eigenvalue weighted by molar-refractivity contribution is 6.18. The zero-order valence-electron chi connectivity index (χ0n) is 8.43. The molecular formula is C10H15BrCl2N2. The summed E-state index contributed by atoms with van der Waals surface area (Å²) in [5.74, 6) is 1.20. The van der Waals surface area contributed by atoms with Crippen LogP contribution in [0.15, 0.2) is 24.3 Å². The Morgan fingerprint density at radius 3 is 2.07 bits per heavy atom. The Balaban J connectivity index is 0.00000196. The normalized spacial score (nSPS) is 9.53. The monoisotopic (exact) mass is 312 g/mol. The van der Waals surface area contributed by atoms with Crippen molar-refractivity contribution in [1.29, 1.82) is 0 Å². The summed E-state index contributed by atoms with van der Waals surface area (Å²) in [6.07, 6.45) is 0. The number of hydrogen-bond donors (Lipinski definition) is 1. The van der Waals surface area contributed by atoms with Gasteiger partial charge in [-0.3, -0.25) is 0 Å². The molecule has 0 saturated heterocycles. The first kappa shape index (κ1) is 15.0. The van der Waals surface area contributed by atoms with Gasteiger partial charge in [-0.05, 0) is 6.07 Å². The Morgan fingerprint density at radius 1 is 1.07 bits per heavy atom. The predicted molar refractivity (Wildman–Crippen MR) is 62.6 cm³/mol. The van der Waals surface area contributed by atoms with Crippen LogP contribution in [-0.4, -0.2) is 24.8 Å². The topological polar surface area (TPSA) is 30.9 Å². The second-order valence-electron chi connectivity index (χ2n) is 2.99. The Bertz CT molecular complexity index is 278. The van der Waals surface area contributed by atoms with Crippen molar-refractivity contribution in [2.24, 2.45) is 0 Å². The summed E-state index contributed by atoms with van der Waals surface area (Å²) in [4.78, 5) is 2.16. The molecule has 0 aromatic heterocycles. The van der Waals surface area contributed by atoms with Crippen molar-refractivity contribution in [2.45, 2.75) is 0 Å². The highest BCUT2D eigenvalue weighted by atomic mass is 79.9. The summed E-state index contributed by atoms with van der Waals surface area (Å²) in [5, 5.41) is 0. The van der Waals surface area contributed by atoms with Gasteiger partial charge in [0.1, 0.15) is 0 Å². The Morgan fingerprint density at radius 2 is 1.60 bits per heavy atom. The zero-order chi connectivity index (χ0) is 10.4. The van der Waals surface area contributed by atoms with Gasteiger partial charge < -0.3 is 27.6 Å². The molecule has 2 nitrogen and oxygen atoms in total. The number of quaternary nitrogens is 1. The third-order valence-electron chi connectivity index (χ3n) is 2.04. The van der Waals surface area contributed by atoms with E-state index >= 15 is 0 Å². The van der Waals surface area contributed by atoms with Gasteiger partial charge in [-0.15, -0.1) is 23.2 Å². The smallest absolute Gasteiger partial charge is 0.151 e. The van der Waals surface area contributed by atoms with Crippen LogP contribution < -0.4 is 27.6 Å². The highest BCUT2D eigenvalue weighted by Crippen LogP contribution is 2.20. The first-order valence-electron chi connectivity index (χ1n) is 4.57. The molecule has 0 unspecified atom stereocenters. The van der Waals surface area contributed by atoms with Crippen LogP contribution in [0.4, 0.5) is 11.4 Å². The molecule has 0 aliphatic rings. The molecule has 0 aliphatic carbocycles. The van der Waals surface area contributed by atoms with Crippen molar-refractivity contribution in [2.75, 3.05) is 29.7 Å². The lowest BCUT2D eigenvalue weighted by atomic mass is 10.2. The molecule has 1 aromatic rings. The first-order valence-corrected chi connectivity index (χ1v) is 5.64. The minimum absolute atomic E-state index is 0. The molecule has 0 atom stereocenters. The third kappa shape index (κ3) is 4.60. The molecule has 15 heavy (non-hydrogen) atoms. The van der Waals surface area contributed by atoms with Crippen LogP contribution in [-0.2, 0) is 0 Å². The molecule has 0 spiro atoms. The summed E-state index contributed by atoms with van der Waals surface area (Å²) < 4.78 is 0. The lowest BCUT2D eigenvalue weighted by Gasteiger charge is -2.22. The number of nitrogens with zero attached hydrogens (tertiary/aromatic N) is 1. The fraction of sp³-hybridized carbons (Fsp3) is 0.400. The maximum atomic E-state index is 5.73. The van der Waals surface area contributed by atoms with E-state index in [0.29, 0.717) is 11.8 Å². The number of para-hydroxylation sites is 1. The van der Waals surface area contributed by atoms with Crippen molar-refractivity contribution < 1.29 is 22.7 Å². The Kier molecular flexibility index (Phi) is 8.24. The summed E-state index contributed by atoms with van der Waals surface area (Å²) in [6.45, 7) is 1.61. The van der Waals surface area contributed by atoms with Gasteiger partial charge >= 0.3 is 0 Å². The molecular weight excluding hydrogens is 299 g/mol. The summed E-state index contributed by atoms with van der Waals surface area (Å²) >= 11 is 11.5. The van der Waals surface area contributed by atoms with Gasteiger partial charge in [0.15, 0.2) is 5.69 Å². The number of rotatable bonds is 5. The molecule has 3 N–H and O–H groups in total. The standard InChI is InChI=1S/C10H14Cl2N2.BrH/c11-5-7-14(8-6-12)10-4-2-1-3-9(10)13;/h1-4H,5-8,13H2;1H. The van der Waals surface area contributed by atoms with Crippen LogP contribution >= 0.6 is 23.2 Å². The lowest BCUT2D eigenvalue weighted by Crippen LogP contribution is -3.00. The second kappa shape index (κ2) is 8.22. The Hall–Kier alpha value is 0.0400. The van der Waals surface area contributed by atoms with Crippen LogP contribution in [0.1, 0.15) is 0 Å². The minimum Gasteiger partial charge on any atom is -1.00 e. The zero-order valence-corrected chi connectivity index (χ0v) is 11.5. The third-order valence-corrected chi connectivity index (χ3v) is 2.38. The molecule has 0 fully saturated rings. The number of hydrogen-bond acceptors (Lipinski definition) is 1. The SMILES string of the molecule is [Br-].[NH3+]c1ccccc1N(CCCl)CCCl. The van der Waals surface area contributed by atoms with E-state index in [2.05, 4.69) is 10.6 Å². The fourth-order valence-electron chi connectivity index (χ4n) is 1.38. The quantitative estimate of drug-likeness (QED) is 0.684. The van der Waals surface area contributed by atoms with Crippen molar-refractivity contribution in [3.63, 3.8) is 0 Å². The lowest BCUT2D eigenvalue weighted by molar-refractivity contribution is -0.253. The van der Waals surface area contributed by atoms with Crippen molar-refractivity contribution >= 4 is 34.6 Å². The maximum Gasteiger partial charge on any atom is 0.151 e. The van der Waals surface area contributed by atoms with Gasteiger partial charge in [-0.25, -0.2) is 0 Å². The first-order chi connectivity index (χ1) is 6.79. The Labute approximate surface area is 111 Å². The van der Waals surface area contributed by atoms with Gasteiger partial charge in [-0.1, -0.05) is 12.1 Å². The molecule has 0 radical (unpaired) electrons. The van der Waals surface area contributed by atoms with E-state index in [4.69, 9.17) is 23.2 Å². The van der Waals surface area contributed by atoms with E-state index in [0.717, 1.165) is 24.5 Å². The van der Waals surface area contributed by atoms with E-state index in [1.807, 2.05) is 24.3 Å². The van der Waals surface area contributed by atoms with Gasteiger partial charge in [0.2, 0.25) is 0 Å². The van der Waals surface area contributed by atoms with E-state index in [9.17, 15) is 0 Å². The summed E-state index contributed by atoms with van der Waals surface area (Å²) in [6, 6.07) is 8.01. The van der Waals surface area contributed by atoms with Crippen LogP contribution in [0.25, 0.3) is 0 Å². The number of alkyl halides is 2. The summed E-state index contributed by atoms with van der Waals surface area (Å²) in [5.41, 5.74) is 6.11. The molecule has 5 heteroatoms. The maximum absolute atomic E-state index is 5.73. The van der Waals surface area contributed by atoms with Crippen LogP contribution in [0.5, 0.6) is 0 Å². The molecule has 0 bridgehead atoms. The molecule has 0 heterocycles. The van der Waals surface area contributed by atoms with Crippen molar-refractivity contribution in [3.05, 3.63) is 24.3 Å². The van der Waals surface area contributed by atoms with Gasteiger partial charge in [0.25, 0.3) is 0 Å².